The molecule has 8 heteroatoms. The SMILES string of the molecule is COc1cc(B(c2cc(F)cc(F)c2C)c2cc(F)cc(F)c2C)c(F)cc1F. The maximum absolute atomic E-state index is 14.8. The number of benzene rings is 3. The molecule has 0 aliphatic heterocycles. The molecule has 29 heavy (non-hydrogen) atoms. The Hall–Kier alpha value is -2.90. The molecule has 0 heterocycles. The highest BCUT2D eigenvalue weighted by atomic mass is 19.2. The molecule has 0 N–H and O–H groups in total. The van der Waals surface area contributed by atoms with E-state index in [1.165, 1.54) is 13.8 Å². The molecular formula is C21H15BF6O. The zero-order valence-electron chi connectivity index (χ0n) is 15.7. The van der Waals surface area contributed by atoms with Gasteiger partial charge in [0.1, 0.15) is 29.1 Å². The smallest absolute Gasteiger partial charge is 0.246 e. The Labute approximate surface area is 164 Å². The van der Waals surface area contributed by atoms with Crippen molar-refractivity contribution >= 4 is 23.1 Å². The van der Waals surface area contributed by atoms with Crippen LogP contribution < -0.4 is 21.1 Å². The Morgan fingerprint density at radius 1 is 0.586 bits per heavy atom. The largest absolute Gasteiger partial charge is 0.494 e. The van der Waals surface area contributed by atoms with Crippen molar-refractivity contribution in [1.29, 1.82) is 0 Å². The van der Waals surface area contributed by atoms with E-state index < -0.39 is 41.6 Å². The van der Waals surface area contributed by atoms with Gasteiger partial charge in [0, 0.05) is 18.2 Å². The first-order chi connectivity index (χ1) is 13.6. The standard InChI is InChI=1S/C21H15BF6O/c1-10-14(4-12(23)6-17(10)25)22(15-5-13(24)7-18(26)11(15)2)16-8-21(29-3)20(28)9-19(16)27/h4-9H,1-3H3. The molecule has 0 amide bonds. The summed E-state index contributed by atoms with van der Waals surface area (Å²) in [6.45, 7) is 1.35. The van der Waals surface area contributed by atoms with Crippen LogP contribution in [-0.2, 0) is 0 Å². The highest BCUT2D eigenvalue weighted by molar-refractivity contribution is 6.96. The summed E-state index contributed by atoms with van der Waals surface area (Å²) in [7, 11) is 1.16. The second-order valence-corrected chi connectivity index (χ2v) is 6.64. The molecule has 0 bridgehead atoms. The van der Waals surface area contributed by atoms with Crippen molar-refractivity contribution in [3.63, 3.8) is 0 Å². The zero-order valence-corrected chi connectivity index (χ0v) is 15.7. The summed E-state index contributed by atoms with van der Waals surface area (Å²) >= 11 is 0. The highest BCUT2D eigenvalue weighted by Gasteiger charge is 2.31. The minimum absolute atomic E-state index is 0.0387. The van der Waals surface area contributed by atoms with Crippen molar-refractivity contribution in [3.8, 4) is 5.75 Å². The van der Waals surface area contributed by atoms with Crippen LogP contribution in [0.15, 0.2) is 36.4 Å². The third-order valence-corrected chi connectivity index (χ3v) is 4.90. The lowest BCUT2D eigenvalue weighted by Crippen LogP contribution is -2.55. The average molecular weight is 408 g/mol. The summed E-state index contributed by atoms with van der Waals surface area (Å²) in [5, 5.41) is 0. The zero-order chi connectivity index (χ0) is 21.5. The number of ether oxygens (including phenoxy) is 1. The van der Waals surface area contributed by atoms with Crippen LogP contribution in [0, 0.1) is 48.8 Å². The number of rotatable bonds is 4. The summed E-state index contributed by atoms with van der Waals surface area (Å²) in [6.07, 6.45) is 0. The lowest BCUT2D eigenvalue weighted by Gasteiger charge is -2.21. The second-order valence-electron chi connectivity index (χ2n) is 6.64. The van der Waals surface area contributed by atoms with Crippen LogP contribution in [0.3, 0.4) is 0 Å². The predicted molar refractivity (Wildman–Crippen MR) is 99.8 cm³/mol. The van der Waals surface area contributed by atoms with Gasteiger partial charge in [-0.3, -0.25) is 0 Å². The van der Waals surface area contributed by atoms with Crippen molar-refractivity contribution in [2.75, 3.05) is 7.11 Å². The third kappa shape index (κ3) is 3.84. The normalized spacial score (nSPS) is 10.9. The molecule has 3 rings (SSSR count). The van der Waals surface area contributed by atoms with Crippen LogP contribution in [0.5, 0.6) is 5.75 Å². The van der Waals surface area contributed by atoms with Gasteiger partial charge in [0.25, 0.3) is 0 Å². The fourth-order valence-electron chi connectivity index (χ4n) is 3.36. The van der Waals surface area contributed by atoms with Gasteiger partial charge in [0.2, 0.25) is 6.71 Å². The van der Waals surface area contributed by atoms with E-state index >= 15 is 0 Å². The van der Waals surface area contributed by atoms with Gasteiger partial charge in [-0.2, -0.15) is 0 Å². The second kappa shape index (κ2) is 7.85. The third-order valence-electron chi connectivity index (χ3n) is 4.90. The molecule has 0 aliphatic carbocycles. The van der Waals surface area contributed by atoms with Crippen LogP contribution in [0.1, 0.15) is 11.1 Å². The maximum atomic E-state index is 14.8. The molecule has 0 fully saturated rings. The maximum Gasteiger partial charge on any atom is 0.246 e. The molecule has 0 radical (unpaired) electrons. The van der Waals surface area contributed by atoms with Crippen molar-refractivity contribution in [2.24, 2.45) is 0 Å². The Kier molecular flexibility index (Phi) is 5.64. The van der Waals surface area contributed by atoms with Crippen LogP contribution in [-0.4, -0.2) is 13.8 Å². The Balaban J connectivity index is 2.42. The van der Waals surface area contributed by atoms with Crippen molar-refractivity contribution in [2.45, 2.75) is 13.8 Å². The molecule has 0 atom stereocenters. The minimum atomic E-state index is -1.32. The molecule has 3 aromatic carbocycles. The summed E-state index contributed by atoms with van der Waals surface area (Å²) in [5.74, 6) is -6.08. The van der Waals surface area contributed by atoms with Crippen molar-refractivity contribution in [1.82, 2.24) is 0 Å². The van der Waals surface area contributed by atoms with Gasteiger partial charge in [-0.15, -0.1) is 0 Å². The highest BCUT2D eigenvalue weighted by Crippen LogP contribution is 2.18. The molecule has 0 aliphatic rings. The Bertz CT molecular complexity index is 1040. The van der Waals surface area contributed by atoms with Crippen LogP contribution in [0.2, 0.25) is 0 Å². The van der Waals surface area contributed by atoms with Gasteiger partial charge in [-0.25, -0.2) is 26.3 Å². The van der Waals surface area contributed by atoms with Crippen molar-refractivity contribution in [3.05, 3.63) is 82.4 Å². The summed E-state index contributed by atoms with van der Waals surface area (Å²) in [6, 6.07) is 4.78. The molecule has 0 spiro atoms. The monoisotopic (exact) mass is 408 g/mol. The molecular weight excluding hydrogens is 393 g/mol. The first-order valence-electron chi connectivity index (χ1n) is 8.58. The van der Waals surface area contributed by atoms with Crippen LogP contribution >= 0.6 is 0 Å². The molecule has 0 unspecified atom stereocenters. The molecule has 3 aromatic rings. The first-order valence-corrected chi connectivity index (χ1v) is 8.58. The van der Waals surface area contributed by atoms with Crippen molar-refractivity contribution < 1.29 is 31.1 Å². The molecule has 0 saturated heterocycles. The van der Waals surface area contributed by atoms with Gasteiger partial charge < -0.3 is 4.74 Å². The molecule has 0 aromatic heterocycles. The fraction of sp³-hybridized carbons (Fsp3) is 0.143. The lowest BCUT2D eigenvalue weighted by atomic mass is 9.35. The predicted octanol–water partition coefficient (Wildman–Crippen LogP) is 3.66. The van der Waals surface area contributed by atoms with Crippen LogP contribution in [0.4, 0.5) is 26.3 Å². The van der Waals surface area contributed by atoms with E-state index in [0.717, 1.165) is 25.3 Å². The van der Waals surface area contributed by atoms with E-state index in [-0.39, 0.29) is 33.3 Å². The van der Waals surface area contributed by atoms with E-state index in [1.807, 2.05) is 0 Å². The number of methoxy groups -OCH3 is 1. The van der Waals surface area contributed by atoms with Gasteiger partial charge in [0.15, 0.2) is 11.6 Å². The van der Waals surface area contributed by atoms with E-state index in [9.17, 15) is 26.3 Å². The van der Waals surface area contributed by atoms with E-state index in [2.05, 4.69) is 0 Å². The van der Waals surface area contributed by atoms with E-state index in [0.29, 0.717) is 18.2 Å². The number of hydrogen-bond acceptors (Lipinski definition) is 1. The Morgan fingerprint density at radius 2 is 1.07 bits per heavy atom. The number of halogens is 6. The van der Waals surface area contributed by atoms with Gasteiger partial charge in [0.05, 0.1) is 7.11 Å². The van der Waals surface area contributed by atoms with Gasteiger partial charge >= 0.3 is 0 Å². The molecule has 0 saturated carbocycles. The van der Waals surface area contributed by atoms with E-state index in [1.54, 1.807) is 0 Å². The van der Waals surface area contributed by atoms with E-state index in [4.69, 9.17) is 4.74 Å². The molecule has 1 nitrogen and oxygen atoms in total. The average Bonchev–Trinajstić information content (AvgIpc) is 2.64. The summed E-state index contributed by atoms with van der Waals surface area (Å²) in [4.78, 5) is 0. The first kappa shape index (κ1) is 20.8. The van der Waals surface area contributed by atoms with Gasteiger partial charge in [-0.1, -0.05) is 10.9 Å². The number of hydrogen-bond donors (Lipinski definition) is 0. The van der Waals surface area contributed by atoms with Crippen LogP contribution in [0.25, 0.3) is 0 Å². The summed E-state index contributed by atoms with van der Waals surface area (Å²) in [5.41, 5.74) is -0.429. The molecule has 150 valence electrons. The topological polar surface area (TPSA) is 9.23 Å². The fourth-order valence-corrected chi connectivity index (χ4v) is 3.36. The lowest BCUT2D eigenvalue weighted by molar-refractivity contribution is 0.385. The van der Waals surface area contributed by atoms with Gasteiger partial charge in [-0.05, 0) is 48.6 Å². The quantitative estimate of drug-likeness (QED) is 0.473. The summed E-state index contributed by atoms with van der Waals surface area (Å²) < 4.78 is 90.0. The Morgan fingerprint density at radius 3 is 1.52 bits per heavy atom. The minimum Gasteiger partial charge on any atom is -0.494 e.